The summed E-state index contributed by atoms with van der Waals surface area (Å²) in [4.78, 5) is 26.2. The fourth-order valence-corrected chi connectivity index (χ4v) is 5.56. The molecular formula is C23H34N4O4. The number of anilines is 1. The van der Waals surface area contributed by atoms with Gasteiger partial charge in [-0.1, -0.05) is 0 Å². The molecule has 1 aliphatic carbocycles. The van der Waals surface area contributed by atoms with Gasteiger partial charge in [-0.05, 0) is 57.9 Å². The second-order valence-corrected chi connectivity index (χ2v) is 10.4. The van der Waals surface area contributed by atoms with Crippen molar-refractivity contribution >= 4 is 12.0 Å². The van der Waals surface area contributed by atoms with Gasteiger partial charge >= 0.3 is 6.09 Å². The van der Waals surface area contributed by atoms with E-state index in [0.29, 0.717) is 32.2 Å². The first-order chi connectivity index (χ1) is 14.8. The van der Waals surface area contributed by atoms with E-state index in [2.05, 4.69) is 4.90 Å². The molecule has 170 valence electrons. The standard InChI is InChI=1S/C23H34N4O4/c1-22(2,3)31-21(28)26-14-18-4-5-19(15-26)27(18)20-24-12-17(13-25-20)16-6-8-23(9-7-16)29-10-11-30-23/h12-13,16,18-19H,4-11,14-15H2,1-3H3. The molecule has 3 aliphatic heterocycles. The number of ether oxygens (including phenoxy) is 3. The van der Waals surface area contributed by atoms with E-state index in [0.717, 1.165) is 44.5 Å². The Hall–Kier alpha value is -1.93. The third-order valence-corrected chi connectivity index (χ3v) is 7.06. The van der Waals surface area contributed by atoms with Crippen molar-refractivity contribution in [3.05, 3.63) is 18.0 Å². The van der Waals surface area contributed by atoms with Crippen molar-refractivity contribution in [2.45, 2.75) is 88.7 Å². The van der Waals surface area contributed by atoms with Crippen LogP contribution in [-0.2, 0) is 14.2 Å². The Labute approximate surface area is 184 Å². The second-order valence-electron chi connectivity index (χ2n) is 10.4. The largest absolute Gasteiger partial charge is 0.444 e. The van der Waals surface area contributed by atoms with Gasteiger partial charge in [-0.15, -0.1) is 0 Å². The molecule has 2 bridgehead atoms. The summed E-state index contributed by atoms with van der Waals surface area (Å²) in [6, 6.07) is 0.506. The van der Waals surface area contributed by atoms with E-state index >= 15 is 0 Å². The summed E-state index contributed by atoms with van der Waals surface area (Å²) in [7, 11) is 0. The third-order valence-electron chi connectivity index (χ3n) is 7.06. The first-order valence-corrected chi connectivity index (χ1v) is 11.7. The summed E-state index contributed by atoms with van der Waals surface area (Å²) in [5, 5.41) is 0. The summed E-state index contributed by atoms with van der Waals surface area (Å²) < 4.78 is 17.3. The van der Waals surface area contributed by atoms with Crippen LogP contribution in [0.4, 0.5) is 10.7 Å². The number of likely N-dealkylation sites (tertiary alicyclic amines) is 1. The number of fused-ring (bicyclic) bond motifs is 2. The van der Waals surface area contributed by atoms with Crippen LogP contribution in [0.25, 0.3) is 0 Å². The van der Waals surface area contributed by atoms with E-state index in [9.17, 15) is 4.79 Å². The van der Waals surface area contributed by atoms with E-state index < -0.39 is 5.60 Å². The molecule has 0 radical (unpaired) electrons. The van der Waals surface area contributed by atoms with Gasteiger partial charge in [0.25, 0.3) is 0 Å². The highest BCUT2D eigenvalue weighted by atomic mass is 16.7. The summed E-state index contributed by atoms with van der Waals surface area (Å²) in [5.74, 6) is 0.924. The Morgan fingerprint density at radius 1 is 1.03 bits per heavy atom. The van der Waals surface area contributed by atoms with Crippen LogP contribution in [0.1, 0.15) is 70.8 Å². The van der Waals surface area contributed by atoms with Gasteiger partial charge < -0.3 is 24.0 Å². The lowest BCUT2D eigenvalue weighted by atomic mass is 9.82. The molecule has 1 spiro atoms. The number of aromatic nitrogens is 2. The molecule has 0 N–H and O–H groups in total. The minimum Gasteiger partial charge on any atom is -0.444 e. The molecule has 4 fully saturated rings. The number of carbonyl (C=O) groups excluding carboxylic acids is 1. The maximum atomic E-state index is 12.5. The molecule has 2 unspecified atom stereocenters. The van der Waals surface area contributed by atoms with Crippen molar-refractivity contribution in [1.82, 2.24) is 14.9 Å². The van der Waals surface area contributed by atoms with Crippen molar-refractivity contribution in [3.63, 3.8) is 0 Å². The maximum Gasteiger partial charge on any atom is 0.410 e. The number of rotatable bonds is 2. The smallest absolute Gasteiger partial charge is 0.410 e. The Morgan fingerprint density at radius 3 is 2.16 bits per heavy atom. The third kappa shape index (κ3) is 4.24. The first-order valence-electron chi connectivity index (χ1n) is 11.7. The summed E-state index contributed by atoms with van der Waals surface area (Å²) >= 11 is 0. The summed E-state index contributed by atoms with van der Waals surface area (Å²) in [5.41, 5.74) is 0.734. The van der Waals surface area contributed by atoms with Crippen LogP contribution in [-0.4, -0.2) is 70.7 Å². The molecule has 4 heterocycles. The number of carbonyl (C=O) groups is 1. The Kier molecular flexibility index (Phi) is 5.33. The van der Waals surface area contributed by atoms with Crippen molar-refractivity contribution < 1.29 is 19.0 Å². The number of hydrogen-bond acceptors (Lipinski definition) is 7. The molecule has 1 saturated carbocycles. The second kappa shape index (κ2) is 7.89. The van der Waals surface area contributed by atoms with Crippen LogP contribution in [0.5, 0.6) is 0 Å². The lowest BCUT2D eigenvalue weighted by Gasteiger charge is -2.41. The van der Waals surface area contributed by atoms with Gasteiger partial charge in [0, 0.05) is 38.3 Å². The predicted octanol–water partition coefficient (Wildman–Crippen LogP) is 3.47. The van der Waals surface area contributed by atoms with E-state index in [1.807, 2.05) is 38.1 Å². The minimum absolute atomic E-state index is 0.217. The average Bonchev–Trinajstić information content (AvgIpc) is 3.29. The summed E-state index contributed by atoms with van der Waals surface area (Å²) in [6.07, 6.45) is 9.87. The predicted molar refractivity (Wildman–Crippen MR) is 115 cm³/mol. The molecule has 31 heavy (non-hydrogen) atoms. The van der Waals surface area contributed by atoms with E-state index in [1.165, 1.54) is 5.56 Å². The Morgan fingerprint density at radius 2 is 1.61 bits per heavy atom. The van der Waals surface area contributed by atoms with E-state index in [4.69, 9.17) is 24.2 Å². The first kappa shape index (κ1) is 20.9. The highest BCUT2D eigenvalue weighted by Crippen LogP contribution is 2.42. The number of hydrogen-bond donors (Lipinski definition) is 0. The zero-order valence-electron chi connectivity index (χ0n) is 18.9. The van der Waals surface area contributed by atoms with Crippen LogP contribution < -0.4 is 4.90 Å². The monoisotopic (exact) mass is 430 g/mol. The maximum absolute atomic E-state index is 12.5. The van der Waals surface area contributed by atoms with E-state index in [1.54, 1.807) is 0 Å². The van der Waals surface area contributed by atoms with Gasteiger partial charge in [-0.25, -0.2) is 14.8 Å². The molecule has 1 aromatic heterocycles. The van der Waals surface area contributed by atoms with Gasteiger partial charge in [-0.3, -0.25) is 0 Å². The van der Waals surface area contributed by atoms with Gasteiger partial charge in [-0.2, -0.15) is 0 Å². The number of nitrogens with zero attached hydrogens (tertiary/aromatic N) is 4. The van der Waals surface area contributed by atoms with Gasteiger partial charge in [0.15, 0.2) is 5.79 Å². The summed E-state index contributed by atoms with van der Waals surface area (Å²) in [6.45, 7) is 8.49. The molecule has 1 amide bonds. The van der Waals surface area contributed by atoms with Crippen LogP contribution >= 0.6 is 0 Å². The topological polar surface area (TPSA) is 77.0 Å². The molecule has 8 heteroatoms. The van der Waals surface area contributed by atoms with Crippen molar-refractivity contribution in [3.8, 4) is 0 Å². The highest BCUT2D eigenvalue weighted by molar-refractivity contribution is 5.69. The molecular weight excluding hydrogens is 396 g/mol. The molecule has 2 atom stereocenters. The zero-order valence-corrected chi connectivity index (χ0v) is 18.9. The fraction of sp³-hybridized carbons (Fsp3) is 0.783. The Bertz CT molecular complexity index is 779. The molecule has 3 saturated heterocycles. The zero-order chi connectivity index (χ0) is 21.6. The molecule has 1 aromatic rings. The van der Waals surface area contributed by atoms with Crippen LogP contribution in [0.3, 0.4) is 0 Å². The molecule has 5 rings (SSSR count). The quantitative estimate of drug-likeness (QED) is 0.711. The highest BCUT2D eigenvalue weighted by Gasteiger charge is 2.44. The number of piperazine rings is 1. The lowest BCUT2D eigenvalue weighted by molar-refractivity contribution is -0.178. The average molecular weight is 431 g/mol. The molecule has 8 nitrogen and oxygen atoms in total. The van der Waals surface area contributed by atoms with Crippen LogP contribution in [0.2, 0.25) is 0 Å². The molecule has 4 aliphatic rings. The molecule has 0 aromatic carbocycles. The Balaban J connectivity index is 1.21. The van der Waals surface area contributed by atoms with Crippen molar-refractivity contribution in [2.24, 2.45) is 0 Å². The van der Waals surface area contributed by atoms with Crippen molar-refractivity contribution in [1.29, 1.82) is 0 Å². The van der Waals surface area contributed by atoms with Crippen molar-refractivity contribution in [2.75, 3.05) is 31.2 Å². The van der Waals surface area contributed by atoms with Gasteiger partial charge in [0.05, 0.1) is 25.3 Å². The van der Waals surface area contributed by atoms with Crippen LogP contribution in [0.15, 0.2) is 12.4 Å². The van der Waals surface area contributed by atoms with Crippen LogP contribution in [0, 0.1) is 0 Å². The van der Waals surface area contributed by atoms with Gasteiger partial charge in [0.1, 0.15) is 5.60 Å². The SMILES string of the molecule is CC(C)(C)OC(=O)N1CC2CCC(C1)N2c1ncc(C2CCC3(CC2)OCCO3)cn1. The van der Waals surface area contributed by atoms with E-state index in [-0.39, 0.29) is 24.0 Å². The fourth-order valence-electron chi connectivity index (χ4n) is 5.56. The lowest BCUT2D eigenvalue weighted by Crippen LogP contribution is -2.56. The normalized spacial score (nSPS) is 28.4. The number of amides is 1. The minimum atomic E-state index is -0.471. The van der Waals surface area contributed by atoms with Gasteiger partial charge in [0.2, 0.25) is 5.95 Å².